The second-order valence-corrected chi connectivity index (χ2v) is 11.2. The van der Waals surface area contributed by atoms with Crippen LogP contribution < -0.4 is 0 Å². The highest BCUT2D eigenvalue weighted by molar-refractivity contribution is 6.74. The Morgan fingerprint density at radius 2 is 2.05 bits per heavy atom. The van der Waals surface area contributed by atoms with Gasteiger partial charge in [-0.25, -0.2) is 4.79 Å². The molecule has 0 fully saturated rings. The molecule has 0 saturated carbocycles. The first kappa shape index (κ1) is 16.9. The lowest BCUT2D eigenvalue weighted by Crippen LogP contribution is -2.41. The van der Waals surface area contributed by atoms with Crippen molar-refractivity contribution in [2.24, 2.45) is 0 Å². The quantitative estimate of drug-likeness (QED) is 0.665. The predicted octanol–water partition coefficient (Wildman–Crippen LogP) is 3.67. The lowest BCUT2D eigenvalue weighted by molar-refractivity contribution is 0.0519. The first-order valence-corrected chi connectivity index (χ1v) is 9.89. The van der Waals surface area contributed by atoms with E-state index in [2.05, 4.69) is 44.1 Å². The Balaban J connectivity index is 2.79. The number of aromatic amines is 1. The third kappa shape index (κ3) is 3.93. The van der Waals surface area contributed by atoms with Gasteiger partial charge in [0.15, 0.2) is 5.69 Å². The summed E-state index contributed by atoms with van der Waals surface area (Å²) >= 11 is 0. The maximum atomic E-state index is 11.6. The SMILES string of the molecule is CCOC(=O)c1cc([C@H](C)O[Si-](C)(C)C(C)(C)C)[nH]n1. The van der Waals surface area contributed by atoms with E-state index in [1.807, 2.05) is 6.92 Å². The first-order valence-electron chi connectivity index (χ1n) is 6.98. The smallest absolute Gasteiger partial charge is 0.358 e. The van der Waals surface area contributed by atoms with Crippen molar-refractivity contribution in [2.45, 2.75) is 58.9 Å². The van der Waals surface area contributed by atoms with Crippen molar-refractivity contribution in [1.82, 2.24) is 10.2 Å². The number of hydrogen-bond donors (Lipinski definition) is 1. The summed E-state index contributed by atoms with van der Waals surface area (Å²) in [6.45, 7) is 15.1. The number of nitrogens with zero attached hydrogens (tertiary/aromatic N) is 1. The van der Waals surface area contributed by atoms with Crippen LogP contribution in [-0.2, 0) is 9.16 Å². The summed E-state index contributed by atoms with van der Waals surface area (Å²) in [6, 6.07) is 1.70. The van der Waals surface area contributed by atoms with Crippen molar-refractivity contribution in [3.8, 4) is 0 Å². The molecule has 1 rings (SSSR count). The number of aromatic nitrogens is 2. The Hall–Kier alpha value is -1.14. The summed E-state index contributed by atoms with van der Waals surface area (Å²) in [5.74, 6) is -0.408. The second kappa shape index (κ2) is 6.09. The molecule has 0 spiro atoms. The van der Waals surface area contributed by atoms with Crippen LogP contribution in [0.2, 0.25) is 18.1 Å². The summed E-state index contributed by atoms with van der Waals surface area (Å²) in [4.78, 5) is 11.6. The van der Waals surface area contributed by atoms with Crippen molar-refractivity contribution >= 4 is 14.3 Å². The van der Waals surface area contributed by atoms with E-state index in [1.165, 1.54) is 0 Å². The van der Waals surface area contributed by atoms with Crippen molar-refractivity contribution in [2.75, 3.05) is 6.61 Å². The lowest BCUT2D eigenvalue weighted by Gasteiger charge is -2.50. The van der Waals surface area contributed by atoms with Crippen LogP contribution in [-0.4, -0.2) is 31.1 Å². The van der Waals surface area contributed by atoms with Crippen LogP contribution in [0.1, 0.15) is 56.9 Å². The molecule has 1 N–H and O–H groups in total. The van der Waals surface area contributed by atoms with Crippen molar-refractivity contribution in [3.63, 3.8) is 0 Å². The Bertz CT molecular complexity index is 463. The molecular formula is C14H26N2O3Si-. The molecule has 6 heteroatoms. The van der Waals surface area contributed by atoms with Gasteiger partial charge in [-0.1, -0.05) is 20.8 Å². The van der Waals surface area contributed by atoms with Gasteiger partial charge in [0.05, 0.1) is 18.4 Å². The molecule has 5 nitrogen and oxygen atoms in total. The van der Waals surface area contributed by atoms with Gasteiger partial charge in [-0.15, -0.1) is 18.1 Å². The van der Waals surface area contributed by atoms with Gasteiger partial charge in [0.2, 0.25) is 0 Å². The summed E-state index contributed by atoms with van der Waals surface area (Å²) in [6.07, 6.45) is -0.119. The topological polar surface area (TPSA) is 64.2 Å². The Morgan fingerprint density at radius 1 is 1.45 bits per heavy atom. The van der Waals surface area contributed by atoms with E-state index < -0.39 is 14.3 Å². The molecule has 0 radical (unpaired) electrons. The number of rotatable bonds is 5. The van der Waals surface area contributed by atoms with Crippen LogP contribution >= 0.6 is 0 Å². The van der Waals surface area contributed by atoms with Gasteiger partial charge in [0.25, 0.3) is 0 Å². The maximum Gasteiger partial charge on any atom is 0.358 e. The van der Waals surface area contributed by atoms with Crippen LogP contribution in [0, 0.1) is 0 Å². The third-order valence-electron chi connectivity index (χ3n) is 3.80. The van der Waals surface area contributed by atoms with Gasteiger partial charge in [0.1, 0.15) is 0 Å². The maximum absolute atomic E-state index is 11.6. The minimum atomic E-state index is -1.85. The van der Waals surface area contributed by atoms with Gasteiger partial charge >= 0.3 is 5.97 Å². The Kier molecular flexibility index (Phi) is 5.15. The molecule has 0 aromatic carbocycles. The number of carbonyl (C=O) groups excluding carboxylic acids is 1. The van der Waals surface area contributed by atoms with Crippen LogP contribution in [0.5, 0.6) is 0 Å². The Morgan fingerprint density at radius 3 is 2.55 bits per heavy atom. The zero-order valence-corrected chi connectivity index (χ0v) is 14.5. The van der Waals surface area contributed by atoms with Crippen LogP contribution in [0.3, 0.4) is 0 Å². The van der Waals surface area contributed by atoms with Gasteiger partial charge in [-0.05, 0) is 28.2 Å². The molecule has 0 bridgehead atoms. The molecule has 0 aliphatic heterocycles. The van der Waals surface area contributed by atoms with Gasteiger partial charge < -0.3 is 9.16 Å². The van der Waals surface area contributed by atoms with Crippen LogP contribution in [0.15, 0.2) is 6.07 Å². The van der Waals surface area contributed by atoms with E-state index >= 15 is 0 Å². The van der Waals surface area contributed by atoms with E-state index in [-0.39, 0.29) is 11.1 Å². The predicted molar refractivity (Wildman–Crippen MR) is 81.2 cm³/mol. The van der Waals surface area contributed by atoms with Gasteiger partial charge in [-0.3, -0.25) is 5.10 Å². The summed E-state index contributed by atoms with van der Waals surface area (Å²) < 4.78 is 11.2. The standard InChI is InChI=1S/C14H26N2O3Si/c1-8-18-13(17)12-9-11(15-16-12)10(2)19-20(6,7)14(3,4)5/h9-10H,8H2,1-7H3,(H,15,16)/q-1/t10-/m0/s1. The molecule has 0 unspecified atom stereocenters. The second-order valence-electron chi connectivity index (χ2n) is 6.45. The molecule has 1 aromatic heterocycles. The third-order valence-corrected chi connectivity index (χ3v) is 8.35. The van der Waals surface area contributed by atoms with E-state index in [9.17, 15) is 4.79 Å². The number of carbonyl (C=O) groups is 1. The molecule has 0 aliphatic rings. The van der Waals surface area contributed by atoms with Crippen LogP contribution in [0.4, 0.5) is 0 Å². The molecule has 1 heterocycles. The fraction of sp³-hybridized carbons (Fsp3) is 0.714. The van der Waals surface area contributed by atoms with Crippen LogP contribution in [0.25, 0.3) is 0 Å². The zero-order chi connectivity index (χ0) is 15.6. The summed E-state index contributed by atoms with van der Waals surface area (Å²) in [7, 11) is -1.85. The van der Waals surface area contributed by atoms with Crippen molar-refractivity contribution in [3.05, 3.63) is 17.5 Å². The fourth-order valence-electron chi connectivity index (χ4n) is 1.54. The van der Waals surface area contributed by atoms with Crippen molar-refractivity contribution < 1.29 is 14.0 Å². The summed E-state index contributed by atoms with van der Waals surface area (Å²) in [5, 5.41) is 6.99. The van der Waals surface area contributed by atoms with E-state index in [0.717, 1.165) is 5.69 Å². The normalized spacial score (nSPS) is 14.2. The van der Waals surface area contributed by atoms with Gasteiger partial charge in [-0.2, -0.15) is 5.10 Å². The molecule has 0 aliphatic carbocycles. The highest BCUT2D eigenvalue weighted by atomic mass is 28.4. The van der Waals surface area contributed by atoms with E-state index in [0.29, 0.717) is 12.3 Å². The Labute approximate surface area is 122 Å². The molecule has 20 heavy (non-hydrogen) atoms. The largest absolute Gasteiger partial charge is 0.558 e. The fourth-order valence-corrected chi connectivity index (χ4v) is 2.90. The minimum Gasteiger partial charge on any atom is -0.558 e. The average molecular weight is 298 g/mol. The molecule has 1 aromatic rings. The van der Waals surface area contributed by atoms with Gasteiger partial charge in [0, 0.05) is 0 Å². The van der Waals surface area contributed by atoms with E-state index in [4.69, 9.17) is 9.16 Å². The molecule has 0 amide bonds. The first-order chi connectivity index (χ1) is 9.08. The molecule has 1 atom stereocenters. The number of esters is 1. The number of H-pyrrole nitrogens is 1. The highest BCUT2D eigenvalue weighted by Gasteiger charge is 2.27. The lowest BCUT2D eigenvalue weighted by atomic mass is 10.2. The zero-order valence-electron chi connectivity index (χ0n) is 13.5. The molecule has 0 saturated heterocycles. The van der Waals surface area contributed by atoms with E-state index in [1.54, 1.807) is 13.0 Å². The number of nitrogens with one attached hydrogen (secondary N) is 1. The van der Waals surface area contributed by atoms with Crippen molar-refractivity contribution in [1.29, 1.82) is 0 Å². The average Bonchev–Trinajstić information content (AvgIpc) is 2.76. The number of ether oxygens (including phenoxy) is 1. The minimum absolute atomic E-state index is 0.119. The molecule has 115 valence electrons. The monoisotopic (exact) mass is 298 g/mol. The molecular weight excluding hydrogens is 272 g/mol. The highest BCUT2D eigenvalue weighted by Crippen LogP contribution is 2.39. The summed E-state index contributed by atoms with van der Waals surface area (Å²) in [5.41, 5.74) is 1.10. The number of hydrogen-bond acceptors (Lipinski definition) is 4.